The Hall–Kier alpha value is -2.84. The second kappa shape index (κ2) is 5.91. The maximum atomic E-state index is 11.8. The van der Waals surface area contributed by atoms with Crippen molar-refractivity contribution in [1.29, 1.82) is 5.26 Å². The minimum absolute atomic E-state index is 0.262. The van der Waals surface area contributed by atoms with E-state index in [2.05, 4.69) is 29.9 Å². The Labute approximate surface area is 142 Å². The van der Waals surface area contributed by atoms with Crippen LogP contribution < -0.4 is 9.62 Å². The van der Waals surface area contributed by atoms with Gasteiger partial charge < -0.3 is 9.88 Å². The fraction of sp³-hybridized carbons (Fsp3) is 0.357. The number of anilines is 1. The Morgan fingerprint density at radius 2 is 2.28 bits per heavy atom. The molecule has 1 aliphatic heterocycles. The van der Waals surface area contributed by atoms with Gasteiger partial charge >= 0.3 is 0 Å². The Morgan fingerprint density at radius 1 is 1.40 bits per heavy atom. The zero-order valence-corrected chi connectivity index (χ0v) is 13.9. The summed E-state index contributed by atoms with van der Waals surface area (Å²) in [5.74, 6) is 0.170. The van der Waals surface area contributed by atoms with E-state index in [1.54, 1.807) is 18.6 Å². The SMILES string of the molecule is N#CCS(=O)(=O)NC1CCN(c2nc[nH]c3nnc4nccc4c23)C1. The Balaban J connectivity index is 1.67. The molecular formula is C14H14N8O2S. The smallest absolute Gasteiger partial charge is 0.225 e. The van der Waals surface area contributed by atoms with Crippen molar-refractivity contribution in [2.75, 3.05) is 23.7 Å². The van der Waals surface area contributed by atoms with E-state index in [1.165, 1.54) is 0 Å². The van der Waals surface area contributed by atoms with E-state index in [9.17, 15) is 8.42 Å². The number of H-pyrrole nitrogens is 1. The Morgan fingerprint density at radius 3 is 3.12 bits per heavy atom. The molecule has 1 unspecified atom stereocenters. The molecule has 1 fully saturated rings. The summed E-state index contributed by atoms with van der Waals surface area (Å²) in [7, 11) is -3.59. The molecule has 0 aromatic carbocycles. The van der Waals surface area contributed by atoms with Crippen molar-refractivity contribution >= 4 is 37.9 Å². The van der Waals surface area contributed by atoms with Gasteiger partial charge in [-0.25, -0.2) is 23.1 Å². The van der Waals surface area contributed by atoms with Gasteiger partial charge in [0.05, 0.1) is 17.8 Å². The van der Waals surface area contributed by atoms with Crippen LogP contribution in [0.1, 0.15) is 6.42 Å². The van der Waals surface area contributed by atoms with Gasteiger partial charge in [-0.15, -0.1) is 10.2 Å². The van der Waals surface area contributed by atoms with Gasteiger partial charge in [-0.1, -0.05) is 0 Å². The van der Waals surface area contributed by atoms with E-state index in [0.29, 0.717) is 36.6 Å². The van der Waals surface area contributed by atoms with Crippen molar-refractivity contribution in [2.24, 2.45) is 0 Å². The second-order valence-electron chi connectivity index (χ2n) is 5.80. The van der Waals surface area contributed by atoms with Crippen LogP contribution in [0.4, 0.5) is 5.82 Å². The van der Waals surface area contributed by atoms with Gasteiger partial charge in [0, 0.05) is 30.7 Å². The number of nitrogens with zero attached hydrogens (tertiary/aromatic N) is 6. The summed E-state index contributed by atoms with van der Waals surface area (Å²) < 4.78 is 26.1. The van der Waals surface area contributed by atoms with Crippen LogP contribution >= 0.6 is 0 Å². The van der Waals surface area contributed by atoms with Gasteiger partial charge in [0.1, 0.15) is 5.82 Å². The highest BCUT2D eigenvalue weighted by Gasteiger charge is 2.28. The summed E-state index contributed by atoms with van der Waals surface area (Å²) in [6, 6.07) is 3.26. The maximum absolute atomic E-state index is 11.8. The lowest BCUT2D eigenvalue weighted by molar-refractivity contribution is 0.564. The molecule has 25 heavy (non-hydrogen) atoms. The molecule has 4 rings (SSSR count). The predicted octanol–water partition coefficient (Wildman–Crippen LogP) is -0.0772. The highest BCUT2D eigenvalue weighted by Crippen LogP contribution is 2.30. The van der Waals surface area contributed by atoms with Crippen molar-refractivity contribution < 1.29 is 8.42 Å². The minimum Gasteiger partial charge on any atom is -0.354 e. The molecule has 1 aliphatic rings. The number of sulfonamides is 1. The molecule has 3 aromatic rings. The van der Waals surface area contributed by atoms with Gasteiger partial charge in [0.25, 0.3) is 0 Å². The molecule has 0 bridgehead atoms. The standard InChI is InChI=1S/C14H14N8O2S/c15-3-6-25(23,24)21-9-2-5-22(7-9)14-11-10-1-4-16-12(10)19-20-13(11)17-8-18-14/h1,4,8-9,21H,2,5-7H2,(H,17,18,20). The molecule has 128 valence electrons. The number of hydrogen-bond donors (Lipinski definition) is 2. The molecular weight excluding hydrogens is 344 g/mol. The maximum Gasteiger partial charge on any atom is 0.225 e. The first-order valence-corrected chi connectivity index (χ1v) is 9.29. The number of nitriles is 1. The fourth-order valence-corrected chi connectivity index (χ4v) is 4.05. The molecule has 11 heteroatoms. The molecule has 0 radical (unpaired) electrons. The minimum atomic E-state index is -3.59. The molecule has 0 spiro atoms. The normalized spacial score (nSPS) is 18.0. The first kappa shape index (κ1) is 15.7. The van der Waals surface area contributed by atoms with Crippen LogP contribution in [-0.4, -0.2) is 58.5 Å². The van der Waals surface area contributed by atoms with Crippen LogP contribution in [0.15, 0.2) is 18.6 Å². The lowest BCUT2D eigenvalue weighted by Crippen LogP contribution is -2.38. The number of hydrogen-bond acceptors (Lipinski definition) is 8. The lowest BCUT2D eigenvalue weighted by Gasteiger charge is -2.19. The summed E-state index contributed by atoms with van der Waals surface area (Å²) in [5.41, 5.74) is 1.14. The van der Waals surface area contributed by atoms with Crippen molar-refractivity contribution in [3.8, 4) is 6.07 Å². The van der Waals surface area contributed by atoms with Crippen molar-refractivity contribution in [3.05, 3.63) is 18.6 Å². The van der Waals surface area contributed by atoms with Crippen LogP contribution in [0.5, 0.6) is 0 Å². The summed E-state index contributed by atoms with van der Waals surface area (Å²) in [6.07, 6.45) is 3.84. The number of nitrogens with one attached hydrogen (secondary N) is 2. The van der Waals surface area contributed by atoms with Crippen molar-refractivity contribution in [3.63, 3.8) is 0 Å². The lowest BCUT2D eigenvalue weighted by atomic mass is 10.2. The molecule has 3 aromatic heterocycles. The van der Waals surface area contributed by atoms with Gasteiger partial charge in [0.15, 0.2) is 17.0 Å². The van der Waals surface area contributed by atoms with Crippen LogP contribution in [0.3, 0.4) is 0 Å². The Bertz CT molecular complexity index is 1090. The number of aromatic amines is 1. The average molecular weight is 358 g/mol. The molecule has 1 saturated heterocycles. The molecule has 0 amide bonds. The van der Waals surface area contributed by atoms with E-state index in [1.807, 2.05) is 11.0 Å². The van der Waals surface area contributed by atoms with Crippen LogP contribution in [0, 0.1) is 11.3 Å². The van der Waals surface area contributed by atoms with Gasteiger partial charge in [-0.05, 0) is 12.5 Å². The molecule has 2 N–H and O–H groups in total. The van der Waals surface area contributed by atoms with E-state index in [0.717, 1.165) is 10.8 Å². The highest BCUT2D eigenvalue weighted by atomic mass is 32.2. The Kier molecular flexibility index (Phi) is 3.70. The van der Waals surface area contributed by atoms with E-state index in [-0.39, 0.29) is 6.04 Å². The highest BCUT2D eigenvalue weighted by molar-refractivity contribution is 7.89. The third kappa shape index (κ3) is 2.86. The predicted molar refractivity (Wildman–Crippen MR) is 90.1 cm³/mol. The second-order valence-corrected chi connectivity index (χ2v) is 7.55. The van der Waals surface area contributed by atoms with E-state index >= 15 is 0 Å². The van der Waals surface area contributed by atoms with Crippen LogP contribution in [0.2, 0.25) is 0 Å². The zero-order valence-electron chi connectivity index (χ0n) is 13.0. The summed E-state index contributed by atoms with van der Waals surface area (Å²) in [4.78, 5) is 13.6. The molecule has 1 atom stereocenters. The number of rotatable bonds is 4. The monoisotopic (exact) mass is 358 g/mol. The quantitative estimate of drug-likeness (QED) is 0.660. The summed E-state index contributed by atoms with van der Waals surface area (Å²) >= 11 is 0. The summed E-state index contributed by atoms with van der Waals surface area (Å²) in [6.45, 7) is 1.11. The number of aromatic nitrogens is 5. The number of fused-ring (bicyclic) bond motifs is 3. The summed E-state index contributed by atoms with van der Waals surface area (Å²) in [5, 5.41) is 18.4. The zero-order chi connectivity index (χ0) is 17.4. The molecule has 10 nitrogen and oxygen atoms in total. The van der Waals surface area contributed by atoms with Crippen molar-refractivity contribution in [2.45, 2.75) is 12.5 Å². The van der Waals surface area contributed by atoms with E-state index < -0.39 is 15.8 Å². The van der Waals surface area contributed by atoms with Gasteiger partial charge in [0.2, 0.25) is 10.0 Å². The van der Waals surface area contributed by atoms with Gasteiger partial charge in [-0.2, -0.15) is 5.26 Å². The molecule has 0 saturated carbocycles. The largest absolute Gasteiger partial charge is 0.354 e. The third-order valence-corrected chi connectivity index (χ3v) is 5.33. The van der Waals surface area contributed by atoms with Crippen LogP contribution in [-0.2, 0) is 10.0 Å². The first-order chi connectivity index (χ1) is 12.1. The third-order valence-electron chi connectivity index (χ3n) is 4.13. The van der Waals surface area contributed by atoms with Crippen molar-refractivity contribution in [1.82, 2.24) is 29.9 Å². The molecule has 4 heterocycles. The van der Waals surface area contributed by atoms with E-state index in [4.69, 9.17) is 5.26 Å². The topological polar surface area (TPSA) is 141 Å². The molecule has 0 aliphatic carbocycles. The first-order valence-electron chi connectivity index (χ1n) is 7.64. The fourth-order valence-electron chi connectivity index (χ4n) is 3.09. The van der Waals surface area contributed by atoms with Gasteiger partial charge in [-0.3, -0.25) is 0 Å². The van der Waals surface area contributed by atoms with Crippen LogP contribution in [0.25, 0.3) is 22.1 Å². The average Bonchev–Trinajstić information content (AvgIpc) is 3.22.